The third-order valence-corrected chi connectivity index (χ3v) is 5.85. The van der Waals surface area contributed by atoms with E-state index in [1.165, 1.54) is 0 Å². The van der Waals surface area contributed by atoms with Gasteiger partial charge in [0.25, 0.3) is 10.2 Å². The molecule has 0 spiro atoms. The van der Waals surface area contributed by atoms with Gasteiger partial charge in [0.2, 0.25) is 0 Å². The summed E-state index contributed by atoms with van der Waals surface area (Å²) in [5.74, 6) is 0. The SMILES string of the molecule is NCC1CNCCN1S(=O)(=O)N1CCCCCC1. The normalized spacial score (nSPS) is 29.1. The molecule has 0 amide bonds. The van der Waals surface area contributed by atoms with Crippen molar-refractivity contribution in [3.63, 3.8) is 0 Å². The largest absolute Gasteiger partial charge is 0.329 e. The summed E-state index contributed by atoms with van der Waals surface area (Å²) in [4.78, 5) is 0. The number of nitrogens with zero attached hydrogens (tertiary/aromatic N) is 2. The van der Waals surface area contributed by atoms with Crippen LogP contribution in [0.4, 0.5) is 0 Å². The highest BCUT2D eigenvalue weighted by Gasteiger charge is 2.35. The van der Waals surface area contributed by atoms with E-state index in [1.54, 1.807) is 8.61 Å². The van der Waals surface area contributed by atoms with Gasteiger partial charge in [-0.2, -0.15) is 17.0 Å². The highest BCUT2D eigenvalue weighted by atomic mass is 32.2. The molecule has 1 unspecified atom stereocenters. The molecule has 18 heavy (non-hydrogen) atoms. The first kappa shape index (κ1) is 14.2. The van der Waals surface area contributed by atoms with E-state index >= 15 is 0 Å². The van der Waals surface area contributed by atoms with Crippen molar-refractivity contribution in [3.05, 3.63) is 0 Å². The molecule has 0 aromatic heterocycles. The van der Waals surface area contributed by atoms with Crippen molar-refractivity contribution in [3.8, 4) is 0 Å². The first-order chi connectivity index (χ1) is 8.66. The molecule has 2 fully saturated rings. The number of piperazine rings is 1. The summed E-state index contributed by atoms with van der Waals surface area (Å²) in [6.45, 7) is 3.58. The monoisotopic (exact) mass is 276 g/mol. The molecule has 6 nitrogen and oxygen atoms in total. The van der Waals surface area contributed by atoms with Crippen LogP contribution in [0.3, 0.4) is 0 Å². The van der Waals surface area contributed by atoms with Crippen molar-refractivity contribution < 1.29 is 8.42 Å². The average Bonchev–Trinajstić information content (AvgIpc) is 2.68. The first-order valence-electron chi connectivity index (χ1n) is 6.84. The van der Waals surface area contributed by atoms with Gasteiger partial charge in [-0.05, 0) is 12.8 Å². The molecular formula is C11H24N4O2S. The fourth-order valence-corrected chi connectivity index (χ4v) is 4.54. The van der Waals surface area contributed by atoms with Gasteiger partial charge in [0.1, 0.15) is 0 Å². The van der Waals surface area contributed by atoms with Crippen LogP contribution in [0.15, 0.2) is 0 Å². The molecule has 2 aliphatic heterocycles. The molecule has 0 bridgehead atoms. The highest BCUT2D eigenvalue weighted by Crippen LogP contribution is 2.18. The zero-order valence-electron chi connectivity index (χ0n) is 10.8. The van der Waals surface area contributed by atoms with Crippen LogP contribution in [0.2, 0.25) is 0 Å². The highest BCUT2D eigenvalue weighted by molar-refractivity contribution is 7.86. The second-order valence-electron chi connectivity index (χ2n) is 5.03. The van der Waals surface area contributed by atoms with Gasteiger partial charge in [0, 0.05) is 39.3 Å². The molecule has 2 aliphatic rings. The van der Waals surface area contributed by atoms with Crippen molar-refractivity contribution in [2.45, 2.75) is 31.7 Å². The van der Waals surface area contributed by atoms with E-state index in [9.17, 15) is 8.42 Å². The zero-order valence-corrected chi connectivity index (χ0v) is 11.7. The lowest BCUT2D eigenvalue weighted by molar-refractivity contribution is 0.248. The Bertz CT molecular complexity index is 352. The molecule has 2 rings (SSSR count). The van der Waals surface area contributed by atoms with Gasteiger partial charge in [-0.1, -0.05) is 12.8 Å². The quantitative estimate of drug-likeness (QED) is 0.717. The lowest BCUT2D eigenvalue weighted by atomic mass is 10.2. The number of hydrogen-bond acceptors (Lipinski definition) is 4. The van der Waals surface area contributed by atoms with Gasteiger partial charge in [-0.25, -0.2) is 0 Å². The summed E-state index contributed by atoms with van der Waals surface area (Å²) >= 11 is 0. The molecular weight excluding hydrogens is 252 g/mol. The Hall–Kier alpha value is -0.210. The minimum absolute atomic E-state index is 0.105. The molecule has 2 heterocycles. The number of rotatable bonds is 3. The van der Waals surface area contributed by atoms with E-state index in [2.05, 4.69) is 5.32 Å². The maximum absolute atomic E-state index is 12.6. The van der Waals surface area contributed by atoms with Crippen LogP contribution in [-0.4, -0.2) is 62.3 Å². The molecule has 3 N–H and O–H groups in total. The summed E-state index contributed by atoms with van der Waals surface area (Å²) in [7, 11) is -3.32. The standard InChI is InChI=1S/C11H24N4O2S/c12-9-11-10-13-5-8-15(11)18(16,17)14-6-3-1-2-4-7-14/h11,13H,1-10,12H2. The van der Waals surface area contributed by atoms with Gasteiger partial charge in [0.05, 0.1) is 6.04 Å². The second kappa shape index (κ2) is 6.29. The lowest BCUT2D eigenvalue weighted by Gasteiger charge is -2.37. The van der Waals surface area contributed by atoms with Gasteiger partial charge >= 0.3 is 0 Å². The number of nitrogens with two attached hydrogens (primary N) is 1. The molecule has 0 aromatic rings. The first-order valence-corrected chi connectivity index (χ1v) is 8.23. The van der Waals surface area contributed by atoms with E-state index in [4.69, 9.17) is 5.73 Å². The average molecular weight is 276 g/mol. The fraction of sp³-hybridized carbons (Fsp3) is 1.00. The van der Waals surface area contributed by atoms with Crippen molar-refractivity contribution in [2.75, 3.05) is 39.3 Å². The summed E-state index contributed by atoms with van der Waals surface area (Å²) in [5, 5.41) is 3.20. The Balaban J connectivity index is 2.12. The van der Waals surface area contributed by atoms with Crippen LogP contribution in [0, 0.1) is 0 Å². The smallest absolute Gasteiger partial charge is 0.282 e. The molecule has 0 radical (unpaired) electrons. The Morgan fingerprint density at radius 3 is 2.39 bits per heavy atom. The molecule has 0 aromatic carbocycles. The van der Waals surface area contributed by atoms with Crippen molar-refractivity contribution in [2.24, 2.45) is 5.73 Å². The topological polar surface area (TPSA) is 78.7 Å². The van der Waals surface area contributed by atoms with Crippen LogP contribution in [0.1, 0.15) is 25.7 Å². The van der Waals surface area contributed by atoms with Gasteiger partial charge in [-0.15, -0.1) is 0 Å². The van der Waals surface area contributed by atoms with Crippen LogP contribution in [-0.2, 0) is 10.2 Å². The van der Waals surface area contributed by atoms with Crippen LogP contribution < -0.4 is 11.1 Å². The maximum atomic E-state index is 12.6. The van der Waals surface area contributed by atoms with Crippen molar-refractivity contribution in [1.29, 1.82) is 0 Å². The molecule has 2 saturated heterocycles. The zero-order chi connectivity index (χ0) is 13.0. The van der Waals surface area contributed by atoms with E-state index < -0.39 is 10.2 Å². The maximum Gasteiger partial charge on any atom is 0.282 e. The van der Waals surface area contributed by atoms with Crippen LogP contribution >= 0.6 is 0 Å². The molecule has 7 heteroatoms. The van der Waals surface area contributed by atoms with Crippen LogP contribution in [0.25, 0.3) is 0 Å². The van der Waals surface area contributed by atoms with Crippen LogP contribution in [0.5, 0.6) is 0 Å². The Kier molecular flexibility index (Phi) is 4.97. The van der Waals surface area contributed by atoms with E-state index in [-0.39, 0.29) is 6.04 Å². The molecule has 1 atom stereocenters. The minimum Gasteiger partial charge on any atom is -0.329 e. The van der Waals surface area contributed by atoms with Gasteiger partial charge in [-0.3, -0.25) is 0 Å². The Morgan fingerprint density at radius 1 is 1.11 bits per heavy atom. The Morgan fingerprint density at radius 2 is 1.78 bits per heavy atom. The minimum atomic E-state index is -3.32. The molecule has 0 aliphatic carbocycles. The number of nitrogens with one attached hydrogen (secondary N) is 1. The summed E-state index contributed by atoms with van der Waals surface area (Å²) in [6, 6.07) is -0.105. The fourth-order valence-electron chi connectivity index (χ4n) is 2.67. The lowest BCUT2D eigenvalue weighted by Crippen LogP contribution is -2.59. The number of hydrogen-bond donors (Lipinski definition) is 2. The third kappa shape index (κ3) is 3.03. The van der Waals surface area contributed by atoms with Crippen molar-refractivity contribution >= 4 is 10.2 Å². The summed E-state index contributed by atoms with van der Waals surface area (Å²) in [5.41, 5.74) is 5.69. The van der Waals surface area contributed by atoms with E-state index in [1.807, 2.05) is 0 Å². The second-order valence-corrected chi connectivity index (χ2v) is 6.91. The van der Waals surface area contributed by atoms with E-state index in [0.29, 0.717) is 39.3 Å². The third-order valence-electron chi connectivity index (χ3n) is 3.76. The predicted octanol–water partition coefficient (Wildman–Crippen LogP) is -0.660. The Labute approximate surface area is 110 Å². The van der Waals surface area contributed by atoms with Crippen molar-refractivity contribution in [1.82, 2.24) is 13.9 Å². The van der Waals surface area contributed by atoms with E-state index in [0.717, 1.165) is 25.7 Å². The summed E-state index contributed by atoms with van der Waals surface area (Å²) < 4.78 is 28.5. The molecule has 106 valence electrons. The molecule has 0 saturated carbocycles. The predicted molar refractivity (Wildman–Crippen MR) is 71.4 cm³/mol. The van der Waals surface area contributed by atoms with Gasteiger partial charge in [0.15, 0.2) is 0 Å². The van der Waals surface area contributed by atoms with Gasteiger partial charge < -0.3 is 11.1 Å². The summed E-state index contributed by atoms with van der Waals surface area (Å²) in [6.07, 6.45) is 4.21.